The Hall–Kier alpha value is -3.21. The molecule has 33 heavy (non-hydrogen) atoms. The fourth-order valence-corrected chi connectivity index (χ4v) is 3.94. The van der Waals surface area contributed by atoms with Crippen LogP contribution in [0.15, 0.2) is 47.4 Å². The number of hydrogen-bond acceptors (Lipinski definition) is 5. The van der Waals surface area contributed by atoms with Crippen LogP contribution >= 0.6 is 11.8 Å². The Bertz CT molecular complexity index is 1080. The second-order valence-corrected chi connectivity index (χ2v) is 9.19. The number of para-hydroxylation sites is 1. The van der Waals surface area contributed by atoms with E-state index in [1.54, 1.807) is 39.0 Å². The standard InChI is InChI=1S/C22H22F3N3O4S/c1-21(2,3)32-20(31)27-14-9-8-13(22(23,24)25)10-15(14)26-18(29)11-28-16-6-4-5-7-17(16)33-12-19(28)30/h4-10H,11-12H2,1-3H3,(H,26,29)(H,27,31). The first kappa shape index (κ1) is 24.4. The number of anilines is 3. The van der Waals surface area contributed by atoms with Crippen molar-refractivity contribution in [3.05, 3.63) is 48.0 Å². The Balaban J connectivity index is 1.84. The SMILES string of the molecule is CC(C)(C)OC(=O)Nc1ccc(C(F)(F)F)cc1NC(=O)CN1C(=O)CSc2ccccc21. The zero-order valence-electron chi connectivity index (χ0n) is 18.1. The van der Waals surface area contributed by atoms with E-state index in [4.69, 9.17) is 4.74 Å². The van der Waals surface area contributed by atoms with E-state index in [2.05, 4.69) is 10.6 Å². The summed E-state index contributed by atoms with van der Waals surface area (Å²) >= 11 is 1.34. The lowest BCUT2D eigenvalue weighted by Crippen LogP contribution is -2.41. The van der Waals surface area contributed by atoms with Gasteiger partial charge in [-0.25, -0.2) is 4.79 Å². The number of thioether (sulfide) groups is 1. The van der Waals surface area contributed by atoms with Gasteiger partial charge in [0.05, 0.1) is 28.4 Å². The molecule has 1 aliphatic heterocycles. The van der Waals surface area contributed by atoms with Crippen LogP contribution < -0.4 is 15.5 Å². The Morgan fingerprint density at radius 1 is 1.06 bits per heavy atom. The van der Waals surface area contributed by atoms with Gasteiger partial charge in [0.2, 0.25) is 11.8 Å². The number of alkyl halides is 3. The second kappa shape index (κ2) is 9.34. The van der Waals surface area contributed by atoms with Gasteiger partial charge >= 0.3 is 12.3 Å². The topological polar surface area (TPSA) is 87.7 Å². The third kappa shape index (κ3) is 6.41. The van der Waals surface area contributed by atoms with E-state index in [0.717, 1.165) is 17.0 Å². The minimum atomic E-state index is -4.66. The Morgan fingerprint density at radius 3 is 2.42 bits per heavy atom. The molecule has 2 N–H and O–H groups in total. The molecule has 0 aromatic heterocycles. The fourth-order valence-electron chi connectivity index (χ4n) is 3.01. The maximum absolute atomic E-state index is 13.2. The lowest BCUT2D eigenvalue weighted by atomic mass is 10.1. The molecule has 2 aromatic carbocycles. The van der Waals surface area contributed by atoms with Gasteiger partial charge in [-0.2, -0.15) is 13.2 Å². The minimum Gasteiger partial charge on any atom is -0.444 e. The van der Waals surface area contributed by atoms with E-state index < -0.39 is 35.9 Å². The van der Waals surface area contributed by atoms with Gasteiger partial charge in [-0.3, -0.25) is 14.9 Å². The molecule has 2 aromatic rings. The van der Waals surface area contributed by atoms with E-state index in [1.807, 2.05) is 6.07 Å². The van der Waals surface area contributed by atoms with Crippen molar-refractivity contribution < 1.29 is 32.3 Å². The van der Waals surface area contributed by atoms with Gasteiger partial charge in [0.15, 0.2) is 0 Å². The number of amides is 3. The van der Waals surface area contributed by atoms with Gasteiger partial charge in [-0.05, 0) is 51.1 Å². The molecule has 0 radical (unpaired) electrons. The molecule has 0 fully saturated rings. The Morgan fingerprint density at radius 2 is 1.76 bits per heavy atom. The summed E-state index contributed by atoms with van der Waals surface area (Å²) in [6.45, 7) is 4.49. The first-order chi connectivity index (χ1) is 15.3. The molecule has 1 heterocycles. The molecule has 0 bridgehead atoms. The molecule has 176 valence electrons. The zero-order chi connectivity index (χ0) is 24.4. The second-order valence-electron chi connectivity index (χ2n) is 8.17. The smallest absolute Gasteiger partial charge is 0.416 e. The largest absolute Gasteiger partial charge is 0.444 e. The van der Waals surface area contributed by atoms with Gasteiger partial charge in [0, 0.05) is 4.90 Å². The number of rotatable bonds is 4. The lowest BCUT2D eigenvalue weighted by Gasteiger charge is -2.28. The van der Waals surface area contributed by atoms with Gasteiger partial charge < -0.3 is 15.0 Å². The van der Waals surface area contributed by atoms with E-state index >= 15 is 0 Å². The highest BCUT2D eigenvalue weighted by Crippen LogP contribution is 2.36. The summed E-state index contributed by atoms with van der Waals surface area (Å²) in [6, 6.07) is 9.55. The maximum atomic E-state index is 13.2. The van der Waals surface area contributed by atoms with Crippen LogP contribution in [0.2, 0.25) is 0 Å². The molecule has 11 heteroatoms. The number of carbonyl (C=O) groups excluding carboxylic acids is 3. The quantitative estimate of drug-likeness (QED) is 0.632. The number of carbonyl (C=O) groups is 3. The maximum Gasteiger partial charge on any atom is 0.416 e. The van der Waals surface area contributed by atoms with Crippen LogP contribution in [0, 0.1) is 0 Å². The van der Waals surface area contributed by atoms with E-state index in [1.165, 1.54) is 16.7 Å². The predicted molar refractivity (Wildman–Crippen MR) is 119 cm³/mol. The van der Waals surface area contributed by atoms with Crippen molar-refractivity contribution in [3.63, 3.8) is 0 Å². The van der Waals surface area contributed by atoms with E-state index in [-0.39, 0.29) is 23.0 Å². The number of fused-ring (bicyclic) bond motifs is 1. The molecular formula is C22H22F3N3O4S. The van der Waals surface area contributed by atoms with Crippen LogP contribution in [0.25, 0.3) is 0 Å². The van der Waals surface area contributed by atoms with E-state index in [0.29, 0.717) is 11.8 Å². The third-order valence-electron chi connectivity index (χ3n) is 4.37. The molecule has 0 atom stereocenters. The Labute approximate surface area is 192 Å². The summed E-state index contributed by atoms with van der Waals surface area (Å²) in [5.41, 5.74) is -1.65. The minimum absolute atomic E-state index is 0.0773. The zero-order valence-corrected chi connectivity index (χ0v) is 18.9. The van der Waals surface area contributed by atoms with Crippen molar-refractivity contribution >= 4 is 46.7 Å². The number of ether oxygens (including phenoxy) is 1. The summed E-state index contributed by atoms with van der Waals surface area (Å²) in [4.78, 5) is 39.3. The summed E-state index contributed by atoms with van der Waals surface area (Å²) < 4.78 is 44.8. The molecule has 3 amide bonds. The Kier molecular flexibility index (Phi) is 6.92. The summed E-state index contributed by atoms with van der Waals surface area (Å²) in [5.74, 6) is -0.888. The van der Waals surface area contributed by atoms with Gasteiger partial charge in [-0.15, -0.1) is 11.8 Å². The number of nitrogens with zero attached hydrogens (tertiary/aromatic N) is 1. The molecule has 3 rings (SSSR count). The summed E-state index contributed by atoms with van der Waals surface area (Å²) in [7, 11) is 0. The highest BCUT2D eigenvalue weighted by atomic mass is 32.2. The fraction of sp³-hybridized carbons (Fsp3) is 0.318. The van der Waals surface area contributed by atoms with Gasteiger partial charge in [-0.1, -0.05) is 12.1 Å². The van der Waals surface area contributed by atoms with Crippen LogP contribution in [0.4, 0.5) is 35.0 Å². The molecule has 0 unspecified atom stereocenters. The average Bonchev–Trinajstić information content (AvgIpc) is 2.69. The van der Waals surface area contributed by atoms with Gasteiger partial charge in [0.25, 0.3) is 0 Å². The van der Waals surface area contributed by atoms with Crippen molar-refractivity contribution in [3.8, 4) is 0 Å². The molecule has 0 saturated carbocycles. The van der Waals surface area contributed by atoms with Crippen LogP contribution in [0.3, 0.4) is 0 Å². The van der Waals surface area contributed by atoms with Crippen molar-refractivity contribution in [2.45, 2.75) is 37.4 Å². The van der Waals surface area contributed by atoms with E-state index in [9.17, 15) is 27.6 Å². The van der Waals surface area contributed by atoms with Gasteiger partial charge in [0.1, 0.15) is 12.1 Å². The lowest BCUT2D eigenvalue weighted by molar-refractivity contribution is -0.137. The van der Waals surface area contributed by atoms with Crippen LogP contribution in [0.1, 0.15) is 26.3 Å². The predicted octanol–water partition coefficient (Wildman–Crippen LogP) is 5.13. The normalized spacial score (nSPS) is 13.9. The van der Waals surface area contributed by atoms with Crippen molar-refractivity contribution in [2.75, 3.05) is 27.8 Å². The van der Waals surface area contributed by atoms with Crippen LogP contribution in [0.5, 0.6) is 0 Å². The molecule has 0 saturated heterocycles. The number of benzene rings is 2. The summed E-state index contributed by atoms with van der Waals surface area (Å²) in [6.07, 6.45) is -5.56. The van der Waals surface area contributed by atoms with Crippen LogP contribution in [-0.4, -0.2) is 35.8 Å². The van der Waals surface area contributed by atoms with Crippen molar-refractivity contribution in [1.82, 2.24) is 0 Å². The average molecular weight is 481 g/mol. The molecule has 7 nitrogen and oxygen atoms in total. The molecule has 0 spiro atoms. The number of halogens is 3. The van der Waals surface area contributed by atoms with Crippen molar-refractivity contribution in [1.29, 1.82) is 0 Å². The summed E-state index contributed by atoms with van der Waals surface area (Å²) in [5, 5.41) is 4.73. The first-order valence-corrected chi connectivity index (χ1v) is 10.9. The first-order valence-electron chi connectivity index (χ1n) is 9.87. The highest BCUT2D eigenvalue weighted by molar-refractivity contribution is 8.00. The highest BCUT2D eigenvalue weighted by Gasteiger charge is 2.32. The molecular weight excluding hydrogens is 459 g/mol. The van der Waals surface area contributed by atoms with Crippen molar-refractivity contribution in [2.24, 2.45) is 0 Å². The molecule has 0 aliphatic carbocycles. The third-order valence-corrected chi connectivity index (χ3v) is 5.41. The number of hydrogen-bond donors (Lipinski definition) is 2. The van der Waals surface area contributed by atoms with Crippen LogP contribution in [-0.2, 0) is 20.5 Å². The monoisotopic (exact) mass is 481 g/mol. The molecule has 1 aliphatic rings. The number of nitrogens with one attached hydrogen (secondary N) is 2.